The molecule has 0 unspecified atom stereocenters. The van der Waals surface area contributed by atoms with Gasteiger partial charge >= 0.3 is 0 Å². The molecule has 0 saturated heterocycles. The Morgan fingerprint density at radius 1 is 1.27 bits per heavy atom. The summed E-state index contributed by atoms with van der Waals surface area (Å²) in [6.07, 6.45) is 0. The Kier molecular flexibility index (Phi) is 2.96. The van der Waals surface area contributed by atoms with Gasteiger partial charge in [-0.05, 0) is 40.5 Å². The van der Waals surface area contributed by atoms with Crippen LogP contribution < -0.4 is 4.74 Å². The molecule has 0 radical (unpaired) electrons. The lowest BCUT2D eigenvalue weighted by atomic mass is 10.2. The van der Waals surface area contributed by atoms with Crippen LogP contribution in [0.25, 0.3) is 0 Å². The number of hydrogen-bond donors (Lipinski definition) is 0. The Hall–Kier alpha value is -0.0200. The molecule has 0 spiro atoms. The van der Waals surface area contributed by atoms with Crippen LogP contribution in [0.3, 0.4) is 0 Å². The fourth-order valence-corrected chi connectivity index (χ4v) is 2.55. The zero-order valence-electron chi connectivity index (χ0n) is 6.32. The van der Waals surface area contributed by atoms with Crippen LogP contribution in [-0.4, -0.2) is 7.11 Å². The van der Waals surface area contributed by atoms with Crippen molar-refractivity contribution in [3.05, 3.63) is 26.6 Å². The second-order valence-corrected chi connectivity index (χ2v) is 4.01. The first kappa shape index (κ1) is 9.07. The minimum Gasteiger partial charge on any atom is -0.495 e. The molecule has 1 aromatic rings. The van der Waals surface area contributed by atoms with E-state index in [9.17, 15) is 0 Å². The highest BCUT2D eigenvalue weighted by Gasteiger charge is 2.03. The van der Waals surface area contributed by atoms with Crippen LogP contribution in [0, 0.1) is 6.92 Å². The van der Waals surface area contributed by atoms with Gasteiger partial charge in [0.25, 0.3) is 0 Å². The first-order valence-electron chi connectivity index (χ1n) is 3.15. The average Bonchev–Trinajstić information content (AvgIpc) is 1.85. The van der Waals surface area contributed by atoms with E-state index < -0.39 is 0 Å². The Labute approximate surface area is 83.0 Å². The van der Waals surface area contributed by atoms with Crippen LogP contribution >= 0.6 is 31.9 Å². The zero-order chi connectivity index (χ0) is 8.43. The maximum Gasteiger partial charge on any atom is 0.136 e. The average molecular weight is 280 g/mol. The number of aryl methyl sites for hydroxylation is 1. The van der Waals surface area contributed by atoms with Gasteiger partial charge in [-0.3, -0.25) is 0 Å². The quantitative estimate of drug-likeness (QED) is 0.764. The minimum atomic E-state index is 0.896. The molecular formula is C8H8Br2O. The van der Waals surface area contributed by atoms with E-state index in [1.54, 1.807) is 7.11 Å². The van der Waals surface area contributed by atoms with Gasteiger partial charge in [-0.1, -0.05) is 15.9 Å². The Morgan fingerprint density at radius 2 is 1.91 bits per heavy atom. The zero-order valence-corrected chi connectivity index (χ0v) is 9.49. The number of methoxy groups -OCH3 is 1. The third-order valence-electron chi connectivity index (χ3n) is 1.40. The summed E-state index contributed by atoms with van der Waals surface area (Å²) >= 11 is 6.79. The lowest BCUT2D eigenvalue weighted by Crippen LogP contribution is -1.87. The van der Waals surface area contributed by atoms with Gasteiger partial charge < -0.3 is 4.74 Å². The van der Waals surface area contributed by atoms with Gasteiger partial charge in [0.1, 0.15) is 5.75 Å². The molecule has 0 fully saturated rings. The van der Waals surface area contributed by atoms with Gasteiger partial charge in [0.15, 0.2) is 0 Å². The van der Waals surface area contributed by atoms with Crippen LogP contribution in [0.2, 0.25) is 0 Å². The van der Waals surface area contributed by atoms with Gasteiger partial charge in [-0.25, -0.2) is 0 Å². The van der Waals surface area contributed by atoms with Gasteiger partial charge in [0.2, 0.25) is 0 Å². The predicted octanol–water partition coefficient (Wildman–Crippen LogP) is 3.53. The normalized spacial score (nSPS) is 9.82. The van der Waals surface area contributed by atoms with Crippen molar-refractivity contribution < 1.29 is 4.74 Å². The number of hydrogen-bond acceptors (Lipinski definition) is 1. The molecule has 0 N–H and O–H groups in total. The van der Waals surface area contributed by atoms with Crippen molar-refractivity contribution >= 4 is 31.9 Å². The topological polar surface area (TPSA) is 9.23 Å². The molecular weight excluding hydrogens is 272 g/mol. The molecule has 1 nitrogen and oxygen atoms in total. The number of ether oxygens (including phenoxy) is 1. The minimum absolute atomic E-state index is 0.896. The Morgan fingerprint density at radius 3 is 2.36 bits per heavy atom. The summed E-state index contributed by atoms with van der Waals surface area (Å²) < 4.78 is 7.20. The highest BCUT2D eigenvalue weighted by atomic mass is 79.9. The van der Waals surface area contributed by atoms with Crippen molar-refractivity contribution in [2.75, 3.05) is 7.11 Å². The monoisotopic (exact) mass is 278 g/mol. The van der Waals surface area contributed by atoms with E-state index in [-0.39, 0.29) is 0 Å². The Balaban J connectivity index is 3.25. The van der Waals surface area contributed by atoms with Crippen molar-refractivity contribution in [1.82, 2.24) is 0 Å². The summed E-state index contributed by atoms with van der Waals surface area (Å²) in [5, 5.41) is 0. The van der Waals surface area contributed by atoms with E-state index in [4.69, 9.17) is 4.74 Å². The molecule has 0 aliphatic heterocycles. The first-order valence-corrected chi connectivity index (χ1v) is 4.73. The molecule has 0 heterocycles. The van der Waals surface area contributed by atoms with Crippen LogP contribution in [-0.2, 0) is 0 Å². The summed E-state index contributed by atoms with van der Waals surface area (Å²) in [4.78, 5) is 0. The molecule has 0 atom stereocenters. The molecule has 0 aliphatic rings. The molecule has 1 aromatic carbocycles. The highest BCUT2D eigenvalue weighted by molar-refractivity contribution is 9.11. The molecule has 3 heteroatoms. The summed E-state index contributed by atoms with van der Waals surface area (Å²) in [6, 6.07) is 3.98. The largest absolute Gasteiger partial charge is 0.495 e. The SMILES string of the molecule is COc1c(C)cc(Br)cc1Br. The number of halogens is 2. The predicted molar refractivity (Wildman–Crippen MR) is 53.1 cm³/mol. The van der Waals surface area contributed by atoms with Crippen LogP contribution in [0.5, 0.6) is 5.75 Å². The summed E-state index contributed by atoms with van der Waals surface area (Å²) in [6.45, 7) is 2.01. The second kappa shape index (κ2) is 3.59. The van der Waals surface area contributed by atoms with E-state index in [0.717, 1.165) is 20.3 Å². The van der Waals surface area contributed by atoms with Crippen molar-refractivity contribution in [3.8, 4) is 5.75 Å². The molecule has 0 aromatic heterocycles. The van der Waals surface area contributed by atoms with E-state index in [1.807, 2.05) is 19.1 Å². The number of benzene rings is 1. The third kappa shape index (κ3) is 1.97. The fourth-order valence-electron chi connectivity index (χ4n) is 0.948. The molecule has 0 amide bonds. The van der Waals surface area contributed by atoms with Gasteiger partial charge in [0, 0.05) is 4.47 Å². The highest BCUT2D eigenvalue weighted by Crippen LogP contribution is 2.31. The second-order valence-electron chi connectivity index (χ2n) is 2.24. The van der Waals surface area contributed by atoms with Gasteiger partial charge in [-0.15, -0.1) is 0 Å². The smallest absolute Gasteiger partial charge is 0.136 e. The van der Waals surface area contributed by atoms with Crippen LogP contribution in [0.4, 0.5) is 0 Å². The van der Waals surface area contributed by atoms with E-state index in [0.29, 0.717) is 0 Å². The molecule has 0 bridgehead atoms. The van der Waals surface area contributed by atoms with E-state index in [2.05, 4.69) is 31.9 Å². The molecule has 60 valence electrons. The molecule has 11 heavy (non-hydrogen) atoms. The standard InChI is InChI=1S/C8H8Br2O/c1-5-3-6(9)4-7(10)8(5)11-2/h3-4H,1-2H3. The van der Waals surface area contributed by atoms with Crippen molar-refractivity contribution in [2.45, 2.75) is 6.92 Å². The van der Waals surface area contributed by atoms with E-state index in [1.165, 1.54) is 0 Å². The van der Waals surface area contributed by atoms with Crippen LogP contribution in [0.15, 0.2) is 21.1 Å². The summed E-state index contributed by atoms with van der Waals surface area (Å²) in [5.41, 5.74) is 1.12. The van der Waals surface area contributed by atoms with Crippen molar-refractivity contribution in [2.24, 2.45) is 0 Å². The van der Waals surface area contributed by atoms with Crippen molar-refractivity contribution in [3.63, 3.8) is 0 Å². The molecule has 0 aliphatic carbocycles. The first-order chi connectivity index (χ1) is 5.15. The third-order valence-corrected chi connectivity index (χ3v) is 2.45. The lowest BCUT2D eigenvalue weighted by Gasteiger charge is -2.06. The molecule has 0 saturated carbocycles. The summed E-state index contributed by atoms with van der Waals surface area (Å²) in [5.74, 6) is 0.896. The van der Waals surface area contributed by atoms with Crippen molar-refractivity contribution in [1.29, 1.82) is 0 Å². The Bertz CT molecular complexity index is 248. The lowest BCUT2D eigenvalue weighted by molar-refractivity contribution is 0.409. The van der Waals surface area contributed by atoms with E-state index >= 15 is 0 Å². The maximum absolute atomic E-state index is 5.16. The van der Waals surface area contributed by atoms with Gasteiger partial charge in [-0.2, -0.15) is 0 Å². The van der Waals surface area contributed by atoms with Crippen LogP contribution in [0.1, 0.15) is 5.56 Å². The van der Waals surface area contributed by atoms with Gasteiger partial charge in [0.05, 0.1) is 11.6 Å². The fraction of sp³-hybridized carbons (Fsp3) is 0.250. The summed E-state index contributed by atoms with van der Waals surface area (Å²) in [7, 11) is 1.67. The maximum atomic E-state index is 5.16. The number of rotatable bonds is 1. The molecule has 1 rings (SSSR count).